The Kier molecular flexibility index (Phi) is 5.89. The lowest BCUT2D eigenvalue weighted by Crippen LogP contribution is -2.30. The van der Waals surface area contributed by atoms with Crippen LogP contribution in [0, 0.1) is 5.82 Å². The molecular weight excluding hydrogens is 313 g/mol. The summed E-state index contributed by atoms with van der Waals surface area (Å²) >= 11 is 0. The number of esters is 1. The van der Waals surface area contributed by atoms with E-state index < -0.39 is 12.1 Å². The van der Waals surface area contributed by atoms with E-state index in [4.69, 9.17) is 9.47 Å². The second kappa shape index (κ2) is 8.10. The Bertz CT molecular complexity index is 715. The molecule has 5 nitrogen and oxygen atoms in total. The van der Waals surface area contributed by atoms with E-state index in [2.05, 4.69) is 5.32 Å². The summed E-state index contributed by atoms with van der Waals surface area (Å²) in [5, 5.41) is 2.62. The zero-order valence-corrected chi connectivity index (χ0v) is 13.4. The Morgan fingerprint density at radius 1 is 1.17 bits per heavy atom. The molecule has 0 aliphatic rings. The van der Waals surface area contributed by atoms with Crippen LogP contribution in [0.15, 0.2) is 48.5 Å². The first kappa shape index (κ1) is 17.5. The Morgan fingerprint density at radius 3 is 2.54 bits per heavy atom. The van der Waals surface area contributed by atoms with Crippen molar-refractivity contribution in [1.82, 2.24) is 0 Å². The van der Waals surface area contributed by atoms with Crippen LogP contribution >= 0.6 is 0 Å². The number of amides is 1. The molecule has 1 N–H and O–H groups in total. The average Bonchev–Trinajstić information content (AvgIpc) is 2.57. The average molecular weight is 331 g/mol. The topological polar surface area (TPSA) is 64.6 Å². The first-order chi connectivity index (χ1) is 11.5. The number of benzene rings is 2. The van der Waals surface area contributed by atoms with Crippen molar-refractivity contribution in [2.45, 2.75) is 20.0 Å². The lowest BCUT2D eigenvalue weighted by Gasteiger charge is -2.15. The van der Waals surface area contributed by atoms with Gasteiger partial charge in [-0.2, -0.15) is 0 Å². The quantitative estimate of drug-likeness (QED) is 0.824. The third kappa shape index (κ3) is 4.81. The van der Waals surface area contributed by atoms with Crippen LogP contribution in [0.25, 0.3) is 0 Å². The number of halogens is 1. The molecule has 0 aliphatic heterocycles. The van der Waals surface area contributed by atoms with Gasteiger partial charge in [0.2, 0.25) is 0 Å². The van der Waals surface area contributed by atoms with Crippen molar-refractivity contribution in [1.29, 1.82) is 0 Å². The molecule has 0 aliphatic carbocycles. The second-order valence-corrected chi connectivity index (χ2v) is 5.00. The van der Waals surface area contributed by atoms with Gasteiger partial charge in [0, 0.05) is 5.69 Å². The molecule has 0 radical (unpaired) electrons. The Labute approximate surface area is 139 Å². The van der Waals surface area contributed by atoms with Crippen LogP contribution < -0.4 is 10.1 Å². The van der Waals surface area contributed by atoms with Gasteiger partial charge in [-0.1, -0.05) is 6.07 Å². The van der Waals surface area contributed by atoms with Gasteiger partial charge < -0.3 is 14.8 Å². The van der Waals surface area contributed by atoms with Gasteiger partial charge in [-0.05, 0) is 56.3 Å². The maximum absolute atomic E-state index is 12.9. The van der Waals surface area contributed by atoms with Crippen molar-refractivity contribution in [2.75, 3.05) is 11.9 Å². The number of anilines is 1. The largest absolute Gasteiger partial charge is 0.481 e. The van der Waals surface area contributed by atoms with Gasteiger partial charge in [0.15, 0.2) is 6.10 Å². The molecule has 1 atom stereocenters. The molecule has 0 fully saturated rings. The highest BCUT2D eigenvalue weighted by Gasteiger charge is 2.16. The van der Waals surface area contributed by atoms with Gasteiger partial charge in [0.25, 0.3) is 5.91 Å². The molecule has 0 saturated heterocycles. The first-order valence-corrected chi connectivity index (χ1v) is 7.50. The number of ether oxygens (including phenoxy) is 2. The fourth-order valence-electron chi connectivity index (χ4n) is 1.95. The van der Waals surface area contributed by atoms with E-state index in [1.807, 2.05) is 0 Å². The molecule has 2 rings (SSSR count). The van der Waals surface area contributed by atoms with Crippen LogP contribution in [-0.2, 0) is 9.53 Å². The van der Waals surface area contributed by atoms with E-state index in [1.165, 1.54) is 30.3 Å². The summed E-state index contributed by atoms with van der Waals surface area (Å²) in [7, 11) is 0. The highest BCUT2D eigenvalue weighted by Crippen LogP contribution is 2.17. The van der Waals surface area contributed by atoms with Crippen molar-refractivity contribution in [3.63, 3.8) is 0 Å². The molecular formula is C18H18FNO4. The van der Waals surface area contributed by atoms with Crippen molar-refractivity contribution in [2.24, 2.45) is 0 Å². The summed E-state index contributed by atoms with van der Waals surface area (Å²) in [5.41, 5.74) is 0.817. The van der Waals surface area contributed by atoms with Crippen molar-refractivity contribution in [3.05, 3.63) is 59.9 Å². The third-order valence-corrected chi connectivity index (χ3v) is 3.14. The fraction of sp³-hybridized carbons (Fsp3) is 0.222. The van der Waals surface area contributed by atoms with Crippen molar-refractivity contribution in [3.8, 4) is 5.75 Å². The zero-order chi connectivity index (χ0) is 17.5. The van der Waals surface area contributed by atoms with Gasteiger partial charge >= 0.3 is 5.97 Å². The van der Waals surface area contributed by atoms with Gasteiger partial charge in [-0.25, -0.2) is 9.18 Å². The Morgan fingerprint density at radius 2 is 1.88 bits per heavy atom. The van der Waals surface area contributed by atoms with Crippen molar-refractivity contribution < 1.29 is 23.5 Å². The van der Waals surface area contributed by atoms with Crippen LogP contribution in [0.1, 0.15) is 24.2 Å². The van der Waals surface area contributed by atoms with Crippen molar-refractivity contribution >= 4 is 17.6 Å². The number of rotatable bonds is 6. The lowest BCUT2D eigenvalue weighted by molar-refractivity contribution is -0.122. The maximum Gasteiger partial charge on any atom is 0.338 e. The molecule has 2 aromatic carbocycles. The number of hydrogen-bond acceptors (Lipinski definition) is 4. The predicted octanol–water partition coefficient (Wildman–Crippen LogP) is 3.41. The standard InChI is InChI=1S/C18H18FNO4/c1-3-23-18(22)13-5-4-6-16(11-13)24-12(2)17(21)20-15-9-7-14(19)8-10-15/h4-12H,3H2,1-2H3,(H,20,21)/t12-/m0/s1. The molecule has 2 aromatic rings. The molecule has 24 heavy (non-hydrogen) atoms. The summed E-state index contributed by atoms with van der Waals surface area (Å²) in [4.78, 5) is 23.8. The molecule has 0 unspecified atom stereocenters. The third-order valence-electron chi connectivity index (χ3n) is 3.14. The van der Waals surface area contributed by atoms with E-state index in [9.17, 15) is 14.0 Å². The van der Waals surface area contributed by atoms with Gasteiger partial charge in [0.1, 0.15) is 11.6 Å². The molecule has 1 amide bonds. The minimum absolute atomic E-state index is 0.278. The van der Waals surface area contributed by atoms with Crippen LogP contribution in [-0.4, -0.2) is 24.6 Å². The van der Waals surface area contributed by atoms with E-state index >= 15 is 0 Å². The van der Waals surface area contributed by atoms with Gasteiger partial charge in [0.05, 0.1) is 12.2 Å². The van der Waals surface area contributed by atoms with Crippen LogP contribution in [0.3, 0.4) is 0 Å². The summed E-state index contributed by atoms with van der Waals surface area (Å²) in [6.45, 7) is 3.58. The number of hydrogen-bond donors (Lipinski definition) is 1. The first-order valence-electron chi connectivity index (χ1n) is 7.50. The number of nitrogens with one attached hydrogen (secondary N) is 1. The highest BCUT2D eigenvalue weighted by atomic mass is 19.1. The molecule has 0 saturated carbocycles. The Balaban J connectivity index is 1.99. The fourth-order valence-corrected chi connectivity index (χ4v) is 1.95. The Hall–Kier alpha value is -2.89. The van der Waals surface area contributed by atoms with E-state index in [-0.39, 0.29) is 18.3 Å². The molecule has 0 bridgehead atoms. The molecule has 6 heteroatoms. The normalized spacial score (nSPS) is 11.5. The summed E-state index contributed by atoms with van der Waals surface area (Å²) in [5.74, 6) is -0.843. The highest BCUT2D eigenvalue weighted by molar-refractivity contribution is 5.94. The minimum atomic E-state index is -0.799. The summed E-state index contributed by atoms with van der Waals surface area (Å²) < 4.78 is 23.3. The maximum atomic E-state index is 12.9. The number of carbonyl (C=O) groups excluding carboxylic acids is 2. The minimum Gasteiger partial charge on any atom is -0.481 e. The van der Waals surface area contributed by atoms with E-state index in [0.717, 1.165) is 0 Å². The zero-order valence-electron chi connectivity index (χ0n) is 13.4. The van der Waals surface area contributed by atoms with Crippen LogP contribution in [0.4, 0.5) is 10.1 Å². The van der Waals surface area contributed by atoms with Gasteiger partial charge in [-0.3, -0.25) is 4.79 Å². The molecule has 0 aromatic heterocycles. The van der Waals surface area contributed by atoms with E-state index in [1.54, 1.807) is 32.0 Å². The lowest BCUT2D eigenvalue weighted by atomic mass is 10.2. The monoisotopic (exact) mass is 331 g/mol. The second-order valence-electron chi connectivity index (χ2n) is 5.00. The summed E-state index contributed by atoms with van der Waals surface area (Å²) in [6.07, 6.45) is -0.799. The van der Waals surface area contributed by atoms with Crippen LogP contribution in [0.2, 0.25) is 0 Å². The van der Waals surface area contributed by atoms with E-state index in [0.29, 0.717) is 17.0 Å². The van der Waals surface area contributed by atoms with Crippen LogP contribution in [0.5, 0.6) is 5.75 Å². The predicted molar refractivity (Wildman–Crippen MR) is 87.5 cm³/mol. The molecule has 0 heterocycles. The molecule has 0 spiro atoms. The molecule has 126 valence electrons. The SMILES string of the molecule is CCOC(=O)c1cccc(O[C@@H](C)C(=O)Nc2ccc(F)cc2)c1. The van der Waals surface area contributed by atoms with Gasteiger partial charge in [-0.15, -0.1) is 0 Å². The smallest absolute Gasteiger partial charge is 0.338 e. The number of carbonyl (C=O) groups is 2. The summed E-state index contributed by atoms with van der Waals surface area (Å²) in [6, 6.07) is 11.8.